The minimum atomic E-state index is -0.338. The molecule has 0 aliphatic carbocycles. The fraction of sp³-hybridized carbons (Fsp3) is 0.273. The Morgan fingerprint density at radius 3 is 2.56 bits per heavy atom. The molecule has 0 aliphatic heterocycles. The molecule has 0 unspecified atom stereocenters. The number of hydrogen-bond acceptors (Lipinski definition) is 5. The van der Waals surface area contributed by atoms with E-state index in [1.165, 1.54) is 0 Å². The number of nitrogens with one attached hydrogen (secondary N) is 1. The minimum absolute atomic E-state index is 0.0846. The van der Waals surface area contributed by atoms with Gasteiger partial charge in [-0.1, -0.05) is 0 Å². The van der Waals surface area contributed by atoms with Gasteiger partial charge in [-0.05, 0) is 19.9 Å². The van der Waals surface area contributed by atoms with Crippen LogP contribution in [0.3, 0.4) is 0 Å². The number of anilines is 2. The molecule has 0 atom stereocenters. The molecular formula is C11H14N6O. The SMILES string of the molecule is Cc1cc(C(=O)Nc2cc(C)nn2C)nc(N)n1. The van der Waals surface area contributed by atoms with Crippen LogP contribution in [0.25, 0.3) is 0 Å². The van der Waals surface area contributed by atoms with Crippen LogP contribution in [0.1, 0.15) is 21.9 Å². The van der Waals surface area contributed by atoms with E-state index < -0.39 is 0 Å². The molecular weight excluding hydrogens is 232 g/mol. The molecule has 2 rings (SSSR count). The average Bonchev–Trinajstić information content (AvgIpc) is 2.56. The summed E-state index contributed by atoms with van der Waals surface area (Å²) in [6.45, 7) is 3.60. The Bertz CT molecular complexity index is 583. The maximum absolute atomic E-state index is 12.0. The van der Waals surface area contributed by atoms with Crippen molar-refractivity contribution < 1.29 is 4.79 Å². The fourth-order valence-electron chi connectivity index (χ4n) is 1.62. The van der Waals surface area contributed by atoms with Crippen molar-refractivity contribution in [3.05, 3.63) is 29.2 Å². The first-order chi connectivity index (χ1) is 8.45. The molecule has 94 valence electrons. The molecule has 0 saturated carbocycles. The normalized spacial score (nSPS) is 10.4. The van der Waals surface area contributed by atoms with Crippen molar-refractivity contribution in [1.82, 2.24) is 19.7 Å². The lowest BCUT2D eigenvalue weighted by Crippen LogP contribution is -2.17. The van der Waals surface area contributed by atoms with Crippen LogP contribution in [-0.4, -0.2) is 25.7 Å². The fourth-order valence-corrected chi connectivity index (χ4v) is 1.62. The van der Waals surface area contributed by atoms with Crippen LogP contribution in [0.4, 0.5) is 11.8 Å². The van der Waals surface area contributed by atoms with Crippen molar-refractivity contribution in [2.75, 3.05) is 11.1 Å². The van der Waals surface area contributed by atoms with E-state index in [9.17, 15) is 4.79 Å². The molecule has 7 nitrogen and oxygen atoms in total. The summed E-state index contributed by atoms with van der Waals surface area (Å²) in [6.07, 6.45) is 0. The van der Waals surface area contributed by atoms with E-state index in [2.05, 4.69) is 20.4 Å². The molecule has 0 bridgehead atoms. The van der Waals surface area contributed by atoms with Crippen LogP contribution in [0, 0.1) is 13.8 Å². The molecule has 0 fully saturated rings. The third-order valence-corrected chi connectivity index (χ3v) is 2.35. The van der Waals surface area contributed by atoms with Gasteiger partial charge in [-0.25, -0.2) is 9.97 Å². The zero-order valence-corrected chi connectivity index (χ0v) is 10.4. The first-order valence-corrected chi connectivity index (χ1v) is 5.39. The summed E-state index contributed by atoms with van der Waals surface area (Å²) in [7, 11) is 1.75. The predicted octanol–water partition coefficient (Wildman–Crippen LogP) is 0.661. The van der Waals surface area contributed by atoms with Crippen molar-refractivity contribution in [3.8, 4) is 0 Å². The van der Waals surface area contributed by atoms with Gasteiger partial charge in [0.2, 0.25) is 5.95 Å². The van der Waals surface area contributed by atoms with E-state index in [0.29, 0.717) is 11.5 Å². The largest absolute Gasteiger partial charge is 0.368 e. The Morgan fingerprint density at radius 2 is 2.00 bits per heavy atom. The summed E-state index contributed by atoms with van der Waals surface area (Å²) in [5.41, 5.74) is 7.21. The van der Waals surface area contributed by atoms with Gasteiger partial charge in [0.25, 0.3) is 5.91 Å². The Hall–Kier alpha value is -2.44. The van der Waals surface area contributed by atoms with Gasteiger partial charge in [-0.2, -0.15) is 5.10 Å². The highest BCUT2D eigenvalue weighted by atomic mass is 16.2. The van der Waals surface area contributed by atoms with Gasteiger partial charge in [0.1, 0.15) is 11.5 Å². The van der Waals surface area contributed by atoms with Crippen molar-refractivity contribution in [2.45, 2.75) is 13.8 Å². The molecule has 0 saturated heterocycles. The Balaban J connectivity index is 2.24. The molecule has 2 aromatic rings. The predicted molar refractivity (Wildman–Crippen MR) is 67.1 cm³/mol. The third-order valence-electron chi connectivity index (χ3n) is 2.35. The number of nitrogen functional groups attached to an aromatic ring is 1. The first kappa shape index (κ1) is 12.0. The van der Waals surface area contributed by atoms with E-state index in [1.54, 1.807) is 30.8 Å². The Morgan fingerprint density at radius 1 is 1.28 bits per heavy atom. The second-order valence-electron chi connectivity index (χ2n) is 4.00. The molecule has 3 N–H and O–H groups in total. The summed E-state index contributed by atoms with van der Waals surface area (Å²) in [5.74, 6) is 0.351. The summed E-state index contributed by atoms with van der Waals surface area (Å²) in [5, 5.41) is 6.85. The van der Waals surface area contributed by atoms with Gasteiger partial charge in [0.15, 0.2) is 0 Å². The molecule has 1 amide bonds. The Labute approximate surface area is 104 Å². The highest BCUT2D eigenvalue weighted by molar-refractivity contribution is 6.02. The number of rotatable bonds is 2. The van der Waals surface area contributed by atoms with Crippen LogP contribution < -0.4 is 11.1 Å². The molecule has 7 heteroatoms. The van der Waals surface area contributed by atoms with Crippen LogP contribution in [-0.2, 0) is 7.05 Å². The second-order valence-corrected chi connectivity index (χ2v) is 4.00. The second kappa shape index (κ2) is 4.44. The molecule has 2 heterocycles. The van der Waals surface area contributed by atoms with Crippen molar-refractivity contribution >= 4 is 17.7 Å². The van der Waals surface area contributed by atoms with Gasteiger partial charge >= 0.3 is 0 Å². The molecule has 18 heavy (non-hydrogen) atoms. The quantitative estimate of drug-likeness (QED) is 0.811. The average molecular weight is 246 g/mol. The van der Waals surface area contributed by atoms with Crippen LogP contribution >= 0.6 is 0 Å². The lowest BCUT2D eigenvalue weighted by atomic mass is 10.3. The van der Waals surface area contributed by atoms with Gasteiger partial charge in [-0.3, -0.25) is 9.48 Å². The summed E-state index contributed by atoms with van der Waals surface area (Å²) < 4.78 is 1.59. The Kier molecular flexibility index (Phi) is 2.97. The molecule has 2 aromatic heterocycles. The summed E-state index contributed by atoms with van der Waals surface area (Å²) in [6, 6.07) is 3.35. The summed E-state index contributed by atoms with van der Waals surface area (Å²) in [4.78, 5) is 19.8. The first-order valence-electron chi connectivity index (χ1n) is 5.39. The number of nitrogens with two attached hydrogens (primary N) is 1. The van der Waals surface area contributed by atoms with E-state index >= 15 is 0 Å². The van der Waals surface area contributed by atoms with E-state index in [-0.39, 0.29) is 17.5 Å². The number of carbonyl (C=O) groups excluding carboxylic acids is 1. The van der Waals surface area contributed by atoms with Crippen molar-refractivity contribution in [1.29, 1.82) is 0 Å². The monoisotopic (exact) mass is 246 g/mol. The van der Waals surface area contributed by atoms with Crippen molar-refractivity contribution in [3.63, 3.8) is 0 Å². The molecule has 0 radical (unpaired) electrons. The van der Waals surface area contributed by atoms with Crippen LogP contribution in [0.2, 0.25) is 0 Å². The lowest BCUT2D eigenvalue weighted by Gasteiger charge is -2.05. The maximum atomic E-state index is 12.0. The summed E-state index contributed by atoms with van der Waals surface area (Å²) >= 11 is 0. The van der Waals surface area contributed by atoms with Crippen LogP contribution in [0.5, 0.6) is 0 Å². The molecule has 0 aromatic carbocycles. The zero-order chi connectivity index (χ0) is 13.3. The van der Waals surface area contributed by atoms with Crippen molar-refractivity contribution in [2.24, 2.45) is 7.05 Å². The third kappa shape index (κ3) is 2.45. The van der Waals surface area contributed by atoms with Gasteiger partial charge in [-0.15, -0.1) is 0 Å². The number of nitrogens with zero attached hydrogens (tertiary/aromatic N) is 4. The lowest BCUT2D eigenvalue weighted by molar-refractivity contribution is 0.102. The topological polar surface area (TPSA) is 98.7 Å². The van der Waals surface area contributed by atoms with E-state index in [1.807, 2.05) is 6.92 Å². The van der Waals surface area contributed by atoms with Crippen LogP contribution in [0.15, 0.2) is 12.1 Å². The number of aryl methyl sites for hydroxylation is 3. The highest BCUT2D eigenvalue weighted by Gasteiger charge is 2.12. The van der Waals surface area contributed by atoms with E-state index in [0.717, 1.165) is 5.69 Å². The smallest absolute Gasteiger partial charge is 0.275 e. The van der Waals surface area contributed by atoms with Gasteiger partial charge < -0.3 is 11.1 Å². The zero-order valence-electron chi connectivity index (χ0n) is 10.4. The van der Waals surface area contributed by atoms with Gasteiger partial charge in [0.05, 0.1) is 5.69 Å². The maximum Gasteiger partial charge on any atom is 0.275 e. The number of carbonyl (C=O) groups is 1. The highest BCUT2D eigenvalue weighted by Crippen LogP contribution is 2.10. The number of amides is 1. The number of aromatic nitrogens is 4. The molecule has 0 spiro atoms. The van der Waals surface area contributed by atoms with E-state index in [4.69, 9.17) is 5.73 Å². The number of hydrogen-bond donors (Lipinski definition) is 2. The minimum Gasteiger partial charge on any atom is -0.368 e. The standard InChI is InChI=1S/C11H14N6O/c1-6-4-8(14-11(12)13-6)10(18)15-9-5-7(2)16-17(9)3/h4-5H,1-3H3,(H,15,18)(H2,12,13,14). The molecule has 0 aliphatic rings. The van der Waals surface area contributed by atoms with Gasteiger partial charge in [0, 0.05) is 18.8 Å².